The summed E-state index contributed by atoms with van der Waals surface area (Å²) in [5.74, 6) is 1.36. The molecule has 5 rings (SSSR count). The molecule has 0 bridgehead atoms. The van der Waals surface area contributed by atoms with Crippen LogP contribution in [0.1, 0.15) is 88.4 Å². The van der Waals surface area contributed by atoms with E-state index >= 15 is 0 Å². The molecule has 1 aromatic heterocycles. The van der Waals surface area contributed by atoms with E-state index in [9.17, 15) is 10.0 Å². The van der Waals surface area contributed by atoms with Gasteiger partial charge < -0.3 is 4.57 Å². The number of nitrogens with zero attached hydrogens (tertiary/aromatic N) is 2. The maximum absolute atomic E-state index is 12.3. The van der Waals surface area contributed by atoms with Crippen LogP contribution in [0.25, 0.3) is 22.4 Å². The average molecular weight is 472 g/mol. The number of carbonyl (C=O) groups excluding carboxylic acids is 1. The fourth-order valence-electron chi connectivity index (χ4n) is 6.16. The molecule has 1 amide bonds. The van der Waals surface area contributed by atoms with Crippen molar-refractivity contribution in [2.45, 2.75) is 82.6 Å². The average Bonchev–Trinajstić information content (AvgIpc) is 3.60. The fourth-order valence-corrected chi connectivity index (χ4v) is 6.16. The normalized spacial score (nSPS) is 18.0. The highest BCUT2D eigenvalue weighted by molar-refractivity contribution is 5.75. The van der Waals surface area contributed by atoms with Gasteiger partial charge in [0.1, 0.15) is 5.82 Å². The van der Waals surface area contributed by atoms with E-state index in [1.807, 2.05) is 11.5 Å². The van der Waals surface area contributed by atoms with Crippen molar-refractivity contribution < 1.29 is 10.0 Å². The van der Waals surface area contributed by atoms with Crippen molar-refractivity contribution in [3.8, 4) is 22.4 Å². The van der Waals surface area contributed by atoms with E-state index in [-0.39, 0.29) is 18.2 Å². The molecule has 1 atom stereocenters. The lowest BCUT2D eigenvalue weighted by Gasteiger charge is -2.28. The van der Waals surface area contributed by atoms with E-state index in [4.69, 9.17) is 4.98 Å². The molecule has 0 radical (unpaired) electrons. The molecule has 3 aromatic rings. The van der Waals surface area contributed by atoms with Gasteiger partial charge >= 0.3 is 0 Å². The number of hydrogen-bond acceptors (Lipinski definition) is 3. The molecule has 2 fully saturated rings. The van der Waals surface area contributed by atoms with Crippen LogP contribution >= 0.6 is 0 Å². The first kappa shape index (κ1) is 23.8. The van der Waals surface area contributed by atoms with Crippen LogP contribution in [0.3, 0.4) is 0 Å². The summed E-state index contributed by atoms with van der Waals surface area (Å²) in [6, 6.07) is 19.5. The Kier molecular flexibility index (Phi) is 7.63. The summed E-state index contributed by atoms with van der Waals surface area (Å²) in [7, 11) is 0. The summed E-state index contributed by atoms with van der Waals surface area (Å²) >= 11 is 0. The zero-order chi connectivity index (χ0) is 24.0. The molecule has 5 nitrogen and oxygen atoms in total. The topological polar surface area (TPSA) is 67.2 Å². The molecule has 1 heterocycles. The summed E-state index contributed by atoms with van der Waals surface area (Å²) < 4.78 is 2.39. The Labute approximate surface area is 208 Å². The Balaban J connectivity index is 1.49. The number of amides is 1. The molecule has 0 spiro atoms. The summed E-state index contributed by atoms with van der Waals surface area (Å²) in [6.45, 7) is 0. The highest BCUT2D eigenvalue weighted by Gasteiger charge is 2.29. The van der Waals surface area contributed by atoms with E-state index in [1.165, 1.54) is 56.1 Å². The van der Waals surface area contributed by atoms with Crippen molar-refractivity contribution in [1.82, 2.24) is 15.0 Å². The predicted molar refractivity (Wildman–Crippen MR) is 139 cm³/mol. The molecule has 0 aliphatic heterocycles. The SMILES string of the molecule is O=C(C[C@@H](CC1CCCC1)c1nc(-c2ccc(-c3ccccc3)cc2)cn1C1CCCCC1)NO. The van der Waals surface area contributed by atoms with E-state index in [0.717, 1.165) is 36.3 Å². The largest absolute Gasteiger partial charge is 0.331 e. The van der Waals surface area contributed by atoms with Gasteiger partial charge in [0.25, 0.3) is 0 Å². The summed E-state index contributed by atoms with van der Waals surface area (Å²) in [5, 5.41) is 9.29. The van der Waals surface area contributed by atoms with Crippen molar-refractivity contribution in [3.05, 3.63) is 66.6 Å². The fraction of sp³-hybridized carbons (Fsp3) is 0.467. The van der Waals surface area contributed by atoms with E-state index in [0.29, 0.717) is 12.0 Å². The van der Waals surface area contributed by atoms with Crippen LogP contribution in [0.2, 0.25) is 0 Å². The maximum atomic E-state index is 12.3. The second-order valence-electron chi connectivity index (χ2n) is 10.4. The molecule has 0 saturated heterocycles. The molecule has 2 aliphatic rings. The van der Waals surface area contributed by atoms with Crippen molar-refractivity contribution in [3.63, 3.8) is 0 Å². The quantitative estimate of drug-likeness (QED) is 0.268. The third kappa shape index (κ3) is 5.67. The molecule has 2 N–H and O–H groups in total. The number of carbonyl (C=O) groups is 1. The van der Waals surface area contributed by atoms with Gasteiger partial charge in [0.2, 0.25) is 5.91 Å². The molecule has 2 aliphatic carbocycles. The Morgan fingerprint density at radius 2 is 1.51 bits per heavy atom. The van der Waals surface area contributed by atoms with Crippen LogP contribution in [0.5, 0.6) is 0 Å². The summed E-state index contributed by atoms with van der Waals surface area (Å²) in [6.07, 6.45) is 14.6. The standard InChI is InChI=1S/C30H37N3O2/c34-29(32-35)20-26(19-22-9-7-8-10-22)30-31-28(21-33(30)27-13-5-2-6-14-27)25-17-15-24(16-18-25)23-11-3-1-4-12-23/h1,3-4,11-12,15-18,21-22,26-27,35H,2,5-10,13-14,19-20H2,(H,32,34)/t26-/m1/s1. The Hall–Kier alpha value is -2.92. The lowest BCUT2D eigenvalue weighted by Crippen LogP contribution is -2.25. The van der Waals surface area contributed by atoms with E-state index < -0.39 is 0 Å². The van der Waals surface area contributed by atoms with Gasteiger partial charge in [-0.25, -0.2) is 10.5 Å². The molecule has 184 valence electrons. The Bertz CT molecular complexity index is 1090. The highest BCUT2D eigenvalue weighted by atomic mass is 16.5. The maximum Gasteiger partial charge on any atom is 0.244 e. The lowest BCUT2D eigenvalue weighted by molar-refractivity contribution is -0.129. The van der Waals surface area contributed by atoms with Crippen molar-refractivity contribution >= 4 is 5.91 Å². The second-order valence-corrected chi connectivity index (χ2v) is 10.4. The summed E-state index contributed by atoms with van der Waals surface area (Å²) in [5.41, 5.74) is 6.36. The number of nitrogens with one attached hydrogen (secondary N) is 1. The van der Waals surface area contributed by atoms with Gasteiger partial charge in [0.05, 0.1) is 5.69 Å². The van der Waals surface area contributed by atoms with E-state index in [1.54, 1.807) is 0 Å². The Morgan fingerprint density at radius 1 is 0.886 bits per heavy atom. The van der Waals surface area contributed by atoms with Crippen molar-refractivity contribution in [2.75, 3.05) is 0 Å². The Morgan fingerprint density at radius 3 is 2.20 bits per heavy atom. The zero-order valence-electron chi connectivity index (χ0n) is 20.5. The molecule has 5 heteroatoms. The third-order valence-corrected chi connectivity index (χ3v) is 8.03. The van der Waals surface area contributed by atoms with Crippen molar-refractivity contribution in [1.29, 1.82) is 0 Å². The van der Waals surface area contributed by atoms with Gasteiger partial charge in [-0.3, -0.25) is 10.0 Å². The van der Waals surface area contributed by atoms with Gasteiger partial charge in [0, 0.05) is 30.1 Å². The smallest absolute Gasteiger partial charge is 0.244 e. The van der Waals surface area contributed by atoms with E-state index in [2.05, 4.69) is 59.3 Å². The first-order valence-corrected chi connectivity index (χ1v) is 13.4. The summed E-state index contributed by atoms with van der Waals surface area (Å²) in [4.78, 5) is 17.5. The van der Waals surface area contributed by atoms with Crippen LogP contribution in [0, 0.1) is 5.92 Å². The number of hydroxylamine groups is 1. The van der Waals surface area contributed by atoms with Gasteiger partial charge in [-0.1, -0.05) is 99.5 Å². The van der Waals surface area contributed by atoms with Crippen LogP contribution in [-0.4, -0.2) is 20.7 Å². The number of benzene rings is 2. The molecule has 2 aromatic carbocycles. The van der Waals surface area contributed by atoms with Crippen LogP contribution in [0.4, 0.5) is 0 Å². The third-order valence-electron chi connectivity index (χ3n) is 8.03. The van der Waals surface area contributed by atoms with Gasteiger partial charge in [-0.15, -0.1) is 0 Å². The molecular formula is C30H37N3O2. The number of imidazole rings is 1. The van der Waals surface area contributed by atoms with Gasteiger partial charge in [-0.05, 0) is 36.3 Å². The van der Waals surface area contributed by atoms with Gasteiger partial charge in [0.15, 0.2) is 0 Å². The monoisotopic (exact) mass is 471 g/mol. The first-order chi connectivity index (χ1) is 17.2. The molecular weight excluding hydrogens is 434 g/mol. The predicted octanol–water partition coefficient (Wildman–Crippen LogP) is 7.28. The molecule has 0 unspecified atom stereocenters. The van der Waals surface area contributed by atoms with Crippen LogP contribution in [0.15, 0.2) is 60.8 Å². The zero-order valence-corrected chi connectivity index (χ0v) is 20.5. The molecule has 2 saturated carbocycles. The minimum Gasteiger partial charge on any atom is -0.331 e. The highest BCUT2D eigenvalue weighted by Crippen LogP contribution is 2.39. The first-order valence-electron chi connectivity index (χ1n) is 13.4. The molecule has 35 heavy (non-hydrogen) atoms. The lowest BCUT2D eigenvalue weighted by atomic mass is 9.89. The number of hydrogen-bond donors (Lipinski definition) is 2. The van der Waals surface area contributed by atoms with Crippen LogP contribution in [-0.2, 0) is 4.79 Å². The number of aromatic nitrogens is 2. The number of rotatable bonds is 8. The van der Waals surface area contributed by atoms with Gasteiger partial charge in [-0.2, -0.15) is 0 Å². The minimum atomic E-state index is -0.319. The van der Waals surface area contributed by atoms with Crippen molar-refractivity contribution in [2.24, 2.45) is 5.92 Å². The van der Waals surface area contributed by atoms with Crippen LogP contribution < -0.4 is 5.48 Å². The second kappa shape index (κ2) is 11.2. The minimum absolute atomic E-state index is 0.0181.